The van der Waals surface area contributed by atoms with Gasteiger partial charge in [0.05, 0.1) is 16.6 Å². The normalized spacial score (nSPS) is 10.8. The molecule has 3 rings (SSSR count). The molecule has 21 heavy (non-hydrogen) atoms. The van der Waals surface area contributed by atoms with E-state index >= 15 is 0 Å². The second-order valence-electron chi connectivity index (χ2n) is 4.56. The molecule has 104 valence electrons. The van der Waals surface area contributed by atoms with Gasteiger partial charge in [-0.15, -0.1) is 0 Å². The molecule has 0 unspecified atom stereocenters. The highest BCUT2D eigenvalue weighted by Crippen LogP contribution is 2.32. The molecule has 0 spiro atoms. The van der Waals surface area contributed by atoms with Gasteiger partial charge in [0.1, 0.15) is 17.5 Å². The number of hydrogen-bond acceptors (Lipinski definition) is 4. The Morgan fingerprint density at radius 1 is 1.33 bits per heavy atom. The van der Waals surface area contributed by atoms with Gasteiger partial charge >= 0.3 is 0 Å². The molecule has 0 aliphatic heterocycles. The molecule has 2 aromatic heterocycles. The molecule has 0 saturated carbocycles. The molecule has 0 amide bonds. The zero-order chi connectivity index (χ0) is 15.0. The third-order valence-corrected chi connectivity index (χ3v) is 3.81. The summed E-state index contributed by atoms with van der Waals surface area (Å²) in [6.07, 6.45) is 3.50. The first-order valence-corrected chi connectivity index (χ1v) is 7.46. The second-order valence-corrected chi connectivity index (χ2v) is 5.33. The topological polar surface area (TPSA) is 65.4 Å². The summed E-state index contributed by atoms with van der Waals surface area (Å²) in [6.45, 7) is 1.82. The number of H-pyrrole nitrogens is 1. The minimum atomic E-state index is -0.291. The third-order valence-electron chi connectivity index (χ3n) is 3.26. The van der Waals surface area contributed by atoms with Crippen molar-refractivity contribution in [1.82, 2.24) is 15.0 Å². The molecule has 0 saturated heterocycles. The Morgan fingerprint density at radius 3 is 2.81 bits per heavy atom. The number of hydrogen-bond donors (Lipinski definition) is 1. The Labute approximate surface area is 125 Å². The van der Waals surface area contributed by atoms with E-state index in [2.05, 4.69) is 21.0 Å². The highest BCUT2D eigenvalue weighted by atomic mass is 32.2. The Bertz CT molecular complexity index is 879. The Balaban J connectivity index is 2.39. The van der Waals surface area contributed by atoms with Gasteiger partial charge in [-0.1, -0.05) is 11.8 Å². The zero-order valence-corrected chi connectivity index (χ0v) is 12.3. The van der Waals surface area contributed by atoms with E-state index in [0.29, 0.717) is 27.4 Å². The van der Waals surface area contributed by atoms with E-state index in [4.69, 9.17) is 0 Å². The van der Waals surface area contributed by atoms with Crippen LogP contribution in [-0.4, -0.2) is 21.2 Å². The minimum absolute atomic E-state index is 0.291. The van der Waals surface area contributed by atoms with Crippen molar-refractivity contribution in [3.63, 3.8) is 0 Å². The average Bonchev–Trinajstić information content (AvgIpc) is 2.89. The Morgan fingerprint density at radius 2 is 2.14 bits per heavy atom. The number of thioether (sulfide) groups is 1. The van der Waals surface area contributed by atoms with Crippen LogP contribution in [0.5, 0.6) is 0 Å². The summed E-state index contributed by atoms with van der Waals surface area (Å²) in [5.41, 5.74) is 3.32. The summed E-state index contributed by atoms with van der Waals surface area (Å²) < 4.78 is 13.3. The van der Waals surface area contributed by atoms with Crippen LogP contribution >= 0.6 is 11.8 Å². The number of nitriles is 1. The lowest BCUT2D eigenvalue weighted by atomic mass is 10.0. The Hall–Kier alpha value is -2.39. The maximum absolute atomic E-state index is 13.3. The van der Waals surface area contributed by atoms with Gasteiger partial charge in [-0.3, -0.25) is 0 Å². The third kappa shape index (κ3) is 2.26. The molecule has 0 aliphatic rings. The highest BCUT2D eigenvalue weighted by Gasteiger charge is 2.16. The van der Waals surface area contributed by atoms with Crippen LogP contribution < -0.4 is 0 Å². The Kier molecular flexibility index (Phi) is 3.35. The molecule has 1 N–H and O–H groups in total. The first-order chi connectivity index (χ1) is 10.1. The van der Waals surface area contributed by atoms with Gasteiger partial charge < -0.3 is 4.98 Å². The van der Waals surface area contributed by atoms with Crippen LogP contribution in [0.2, 0.25) is 0 Å². The first kappa shape index (κ1) is 13.6. The first-order valence-electron chi connectivity index (χ1n) is 6.23. The van der Waals surface area contributed by atoms with Gasteiger partial charge in [0.15, 0.2) is 5.16 Å². The van der Waals surface area contributed by atoms with Crippen molar-refractivity contribution < 1.29 is 4.39 Å². The minimum Gasteiger partial charge on any atom is -0.345 e. The molecular formula is C15H11FN4S. The molecule has 0 fully saturated rings. The number of aromatic amines is 1. The quantitative estimate of drug-likeness (QED) is 0.579. The number of halogens is 1. The van der Waals surface area contributed by atoms with Crippen LogP contribution in [0.3, 0.4) is 0 Å². The summed E-state index contributed by atoms with van der Waals surface area (Å²) in [5, 5.41) is 10.5. The van der Waals surface area contributed by atoms with Crippen LogP contribution in [0.4, 0.5) is 4.39 Å². The molecule has 0 bridgehead atoms. The highest BCUT2D eigenvalue weighted by molar-refractivity contribution is 7.98. The smallest absolute Gasteiger partial charge is 0.189 e. The van der Waals surface area contributed by atoms with E-state index in [-0.39, 0.29) is 5.82 Å². The fourth-order valence-corrected chi connectivity index (χ4v) is 2.64. The summed E-state index contributed by atoms with van der Waals surface area (Å²) in [6, 6.07) is 6.68. The van der Waals surface area contributed by atoms with Crippen molar-refractivity contribution in [3.05, 3.63) is 41.3 Å². The van der Waals surface area contributed by atoms with Crippen LogP contribution in [0.25, 0.3) is 22.3 Å². The second kappa shape index (κ2) is 5.19. The summed E-state index contributed by atoms with van der Waals surface area (Å²) in [7, 11) is 0. The number of fused-ring (bicyclic) bond motifs is 1. The van der Waals surface area contributed by atoms with Crippen molar-refractivity contribution in [2.45, 2.75) is 12.1 Å². The lowest BCUT2D eigenvalue weighted by Gasteiger charge is -2.08. The van der Waals surface area contributed by atoms with Gasteiger partial charge in [0.2, 0.25) is 0 Å². The fourth-order valence-electron chi connectivity index (χ4n) is 2.28. The molecule has 0 radical (unpaired) electrons. The number of rotatable bonds is 2. The van der Waals surface area contributed by atoms with Crippen molar-refractivity contribution in [2.75, 3.05) is 6.26 Å². The standard InChI is InChI=1S/C15H11FN4S/c1-8-5-10(16)3-4-11(8)13-12-9(6-17)7-18-14(12)20-15(19-13)21-2/h3-5,7H,1-2H3,(H,18,19,20). The van der Waals surface area contributed by atoms with Crippen molar-refractivity contribution >= 4 is 22.8 Å². The monoisotopic (exact) mass is 298 g/mol. The van der Waals surface area contributed by atoms with E-state index in [0.717, 1.165) is 11.1 Å². The van der Waals surface area contributed by atoms with E-state index in [1.54, 1.807) is 12.3 Å². The molecule has 4 nitrogen and oxygen atoms in total. The summed E-state index contributed by atoms with van der Waals surface area (Å²) in [5.74, 6) is -0.291. The lowest BCUT2D eigenvalue weighted by molar-refractivity contribution is 0.627. The molecule has 3 aromatic rings. The maximum Gasteiger partial charge on any atom is 0.189 e. The molecule has 1 aromatic carbocycles. The van der Waals surface area contributed by atoms with Crippen molar-refractivity contribution in [2.24, 2.45) is 0 Å². The van der Waals surface area contributed by atoms with Crippen LogP contribution in [0, 0.1) is 24.1 Å². The maximum atomic E-state index is 13.3. The fraction of sp³-hybridized carbons (Fsp3) is 0.133. The van der Waals surface area contributed by atoms with Gasteiger partial charge in [0.25, 0.3) is 0 Å². The molecular weight excluding hydrogens is 287 g/mol. The number of nitrogens with one attached hydrogen (secondary N) is 1. The molecule has 0 aliphatic carbocycles. The average molecular weight is 298 g/mol. The van der Waals surface area contributed by atoms with E-state index < -0.39 is 0 Å². The molecule has 2 heterocycles. The summed E-state index contributed by atoms with van der Waals surface area (Å²) >= 11 is 1.42. The van der Waals surface area contributed by atoms with Crippen molar-refractivity contribution in [3.8, 4) is 17.3 Å². The van der Waals surface area contributed by atoms with Crippen molar-refractivity contribution in [1.29, 1.82) is 5.26 Å². The largest absolute Gasteiger partial charge is 0.345 e. The van der Waals surface area contributed by atoms with Crippen LogP contribution in [0.15, 0.2) is 29.6 Å². The van der Waals surface area contributed by atoms with E-state index in [1.807, 2.05) is 13.2 Å². The van der Waals surface area contributed by atoms with Crippen LogP contribution in [0.1, 0.15) is 11.1 Å². The zero-order valence-electron chi connectivity index (χ0n) is 11.4. The van der Waals surface area contributed by atoms with Crippen LogP contribution in [-0.2, 0) is 0 Å². The van der Waals surface area contributed by atoms with E-state index in [9.17, 15) is 9.65 Å². The predicted molar refractivity (Wildman–Crippen MR) is 80.5 cm³/mol. The van der Waals surface area contributed by atoms with Gasteiger partial charge in [0, 0.05) is 11.8 Å². The SMILES string of the molecule is CSc1nc(-c2ccc(F)cc2C)c2c(C#N)c[nH]c2n1. The van der Waals surface area contributed by atoms with Gasteiger partial charge in [-0.25, -0.2) is 14.4 Å². The number of nitrogens with zero attached hydrogens (tertiary/aromatic N) is 3. The van der Waals surface area contributed by atoms with Gasteiger partial charge in [-0.2, -0.15) is 5.26 Å². The van der Waals surface area contributed by atoms with Gasteiger partial charge in [-0.05, 0) is 36.9 Å². The number of benzene rings is 1. The molecule has 6 heteroatoms. The summed E-state index contributed by atoms with van der Waals surface area (Å²) in [4.78, 5) is 11.9. The molecule has 0 atom stereocenters. The predicted octanol–water partition coefficient (Wildman–Crippen LogP) is 3.67. The number of aryl methyl sites for hydroxylation is 1. The lowest BCUT2D eigenvalue weighted by Crippen LogP contribution is -1.95. The van der Waals surface area contributed by atoms with E-state index in [1.165, 1.54) is 23.9 Å². The number of aromatic nitrogens is 3.